The predicted molar refractivity (Wildman–Crippen MR) is 135 cm³/mol. The Morgan fingerprint density at radius 3 is 1.33 bits per heavy atom. The molecule has 4 nitrogen and oxygen atoms in total. The average molecular weight is 452 g/mol. The molecule has 0 aliphatic heterocycles. The number of carbonyl (C=O) groups is 2. The quantitative estimate of drug-likeness (QED) is 0.324. The van der Waals surface area contributed by atoms with Crippen LogP contribution < -0.4 is 21.2 Å². The summed E-state index contributed by atoms with van der Waals surface area (Å²) in [5, 5.41) is 15.7. The minimum Gasteiger partial charge on any atom is -0.476 e. The highest BCUT2D eigenvalue weighted by atomic mass is 31.2. The van der Waals surface area contributed by atoms with Crippen molar-refractivity contribution in [1.29, 1.82) is 0 Å². The number of rotatable bonds is 7. The molecular formula is C28H23NO3P+. The molecule has 0 fully saturated rings. The van der Waals surface area contributed by atoms with Gasteiger partial charge in [0.1, 0.15) is 29.0 Å². The summed E-state index contributed by atoms with van der Waals surface area (Å²) in [5.41, 5.74) is 0.251. The Bertz CT molecular complexity index is 1160. The van der Waals surface area contributed by atoms with Crippen molar-refractivity contribution < 1.29 is 14.7 Å². The first-order valence-corrected chi connectivity index (χ1v) is 12.4. The Labute approximate surface area is 193 Å². The Balaban J connectivity index is 1.96. The molecule has 0 saturated carbocycles. The smallest absolute Gasteiger partial charge is 0.355 e. The Morgan fingerprint density at radius 2 is 0.970 bits per heavy atom. The first-order chi connectivity index (χ1) is 16.1. The van der Waals surface area contributed by atoms with E-state index in [0.29, 0.717) is 5.56 Å². The molecule has 2 N–H and O–H groups in total. The van der Waals surface area contributed by atoms with Crippen LogP contribution >= 0.6 is 7.26 Å². The van der Waals surface area contributed by atoms with E-state index in [1.807, 2.05) is 97.1 Å². The standard InChI is InChI=1S/C28H22NO3P/c30-27(22-13-5-1-6-14-22)29-26(28(31)32)21-33(23-15-7-2-8-16-23,24-17-9-3-10-18-24)25-19-11-4-12-20-25/h1-21H,(H-,29,30,31,32)/p+1/b26-21-. The van der Waals surface area contributed by atoms with E-state index in [4.69, 9.17) is 0 Å². The van der Waals surface area contributed by atoms with Gasteiger partial charge in [-0.3, -0.25) is 4.79 Å². The molecule has 0 aliphatic carbocycles. The molecule has 33 heavy (non-hydrogen) atoms. The highest BCUT2D eigenvalue weighted by Gasteiger charge is 2.45. The van der Waals surface area contributed by atoms with E-state index in [2.05, 4.69) is 5.32 Å². The summed E-state index contributed by atoms with van der Waals surface area (Å²) in [7, 11) is -2.57. The number of amides is 1. The first-order valence-electron chi connectivity index (χ1n) is 10.5. The van der Waals surface area contributed by atoms with E-state index in [-0.39, 0.29) is 5.70 Å². The van der Waals surface area contributed by atoms with E-state index in [0.717, 1.165) is 15.9 Å². The van der Waals surface area contributed by atoms with E-state index in [9.17, 15) is 14.7 Å². The van der Waals surface area contributed by atoms with Gasteiger partial charge >= 0.3 is 5.97 Å². The topological polar surface area (TPSA) is 66.4 Å². The van der Waals surface area contributed by atoms with Crippen LogP contribution in [0.15, 0.2) is 133 Å². The molecule has 4 rings (SSSR count). The van der Waals surface area contributed by atoms with Crippen molar-refractivity contribution in [2.75, 3.05) is 0 Å². The minimum absolute atomic E-state index is 0.145. The molecular weight excluding hydrogens is 429 g/mol. The minimum atomic E-state index is -2.57. The predicted octanol–water partition coefficient (Wildman–Crippen LogP) is 4.34. The Morgan fingerprint density at radius 1 is 0.606 bits per heavy atom. The van der Waals surface area contributed by atoms with Crippen LogP contribution in [0, 0.1) is 0 Å². The van der Waals surface area contributed by atoms with Crippen LogP contribution in [-0.4, -0.2) is 17.0 Å². The van der Waals surface area contributed by atoms with E-state index in [1.54, 1.807) is 30.1 Å². The van der Waals surface area contributed by atoms with Crippen molar-refractivity contribution in [3.05, 3.63) is 138 Å². The molecule has 5 heteroatoms. The van der Waals surface area contributed by atoms with Gasteiger partial charge in [-0.1, -0.05) is 72.8 Å². The molecule has 0 aromatic heterocycles. The molecule has 0 spiro atoms. The number of hydrogen-bond acceptors (Lipinski definition) is 2. The van der Waals surface area contributed by atoms with Gasteiger partial charge < -0.3 is 10.4 Å². The fourth-order valence-corrected chi connectivity index (χ4v) is 7.61. The molecule has 0 aliphatic rings. The first kappa shape index (κ1) is 22.2. The number of carboxylic acids is 1. The normalized spacial score (nSPS) is 11.6. The third-order valence-electron chi connectivity index (χ3n) is 5.33. The van der Waals surface area contributed by atoms with E-state index in [1.165, 1.54) is 0 Å². The summed E-state index contributed by atoms with van der Waals surface area (Å²) in [6.45, 7) is 0. The second-order valence-corrected chi connectivity index (χ2v) is 10.7. The SMILES string of the molecule is O=C(O)/C(=C/[P+](c1ccccc1)(c1ccccc1)c1ccccc1)NC(=O)c1ccccc1. The van der Waals surface area contributed by atoms with Crippen molar-refractivity contribution in [2.45, 2.75) is 0 Å². The number of nitrogens with one attached hydrogen (secondary N) is 1. The van der Waals surface area contributed by atoms with Gasteiger partial charge in [0, 0.05) is 5.56 Å². The third-order valence-corrected chi connectivity index (χ3v) is 9.31. The monoisotopic (exact) mass is 452 g/mol. The van der Waals surface area contributed by atoms with Gasteiger partial charge in [0.25, 0.3) is 5.91 Å². The van der Waals surface area contributed by atoms with Gasteiger partial charge in [-0.05, 0) is 48.5 Å². The molecule has 1 amide bonds. The van der Waals surface area contributed by atoms with E-state index < -0.39 is 19.1 Å². The average Bonchev–Trinajstić information content (AvgIpc) is 2.88. The maximum atomic E-state index is 12.9. The second-order valence-electron chi connectivity index (χ2n) is 7.40. The molecule has 162 valence electrons. The lowest BCUT2D eigenvalue weighted by atomic mass is 10.2. The van der Waals surface area contributed by atoms with Gasteiger partial charge in [0.15, 0.2) is 5.70 Å². The van der Waals surface area contributed by atoms with E-state index >= 15 is 0 Å². The van der Waals surface area contributed by atoms with Crippen molar-refractivity contribution in [1.82, 2.24) is 5.32 Å². The molecule has 0 unspecified atom stereocenters. The molecule has 0 radical (unpaired) electrons. The molecule has 4 aromatic carbocycles. The van der Waals surface area contributed by atoms with Gasteiger partial charge in [0.05, 0.1) is 0 Å². The summed E-state index contributed by atoms with van der Waals surface area (Å²) in [5.74, 6) is 0.0962. The van der Waals surface area contributed by atoms with Crippen molar-refractivity contribution in [3.8, 4) is 0 Å². The second kappa shape index (κ2) is 10.1. The van der Waals surface area contributed by atoms with Crippen LogP contribution in [0.3, 0.4) is 0 Å². The maximum absolute atomic E-state index is 12.9. The fourth-order valence-electron chi connectivity index (χ4n) is 3.78. The van der Waals surface area contributed by atoms with Crippen LogP contribution in [0.2, 0.25) is 0 Å². The van der Waals surface area contributed by atoms with Crippen LogP contribution in [-0.2, 0) is 4.79 Å². The van der Waals surface area contributed by atoms with Gasteiger partial charge in [-0.2, -0.15) is 0 Å². The molecule has 4 aromatic rings. The summed E-state index contributed by atoms with van der Waals surface area (Å²) in [6, 6.07) is 38.2. The highest BCUT2D eigenvalue weighted by Crippen LogP contribution is 2.57. The summed E-state index contributed by atoms with van der Waals surface area (Å²) in [4.78, 5) is 25.2. The van der Waals surface area contributed by atoms with Gasteiger partial charge in [-0.25, -0.2) is 4.79 Å². The molecule has 0 saturated heterocycles. The Hall–Kier alpha value is -4.01. The lowest BCUT2D eigenvalue weighted by molar-refractivity contribution is -0.133. The summed E-state index contributed by atoms with van der Waals surface area (Å²) >= 11 is 0. The fraction of sp³-hybridized carbons (Fsp3) is 0. The maximum Gasteiger partial charge on any atom is 0.355 e. The molecule has 0 heterocycles. The molecule has 0 atom stereocenters. The zero-order chi connectivity index (χ0) is 23.1. The summed E-state index contributed by atoms with van der Waals surface area (Å²) < 4.78 is 0. The van der Waals surface area contributed by atoms with Crippen molar-refractivity contribution in [2.24, 2.45) is 0 Å². The number of benzene rings is 4. The van der Waals surface area contributed by atoms with Crippen LogP contribution in [0.4, 0.5) is 0 Å². The number of aliphatic carboxylic acids is 1. The molecule has 0 bridgehead atoms. The van der Waals surface area contributed by atoms with Crippen LogP contribution in [0.5, 0.6) is 0 Å². The lowest BCUT2D eigenvalue weighted by Gasteiger charge is -2.24. The van der Waals surface area contributed by atoms with Crippen molar-refractivity contribution >= 4 is 35.1 Å². The Kier molecular flexibility index (Phi) is 6.77. The van der Waals surface area contributed by atoms with Crippen molar-refractivity contribution in [3.63, 3.8) is 0 Å². The largest absolute Gasteiger partial charge is 0.476 e. The number of hydrogen-bond donors (Lipinski definition) is 2. The highest BCUT2D eigenvalue weighted by molar-refractivity contribution is 7.98. The zero-order valence-electron chi connectivity index (χ0n) is 17.8. The van der Waals surface area contributed by atoms with Crippen LogP contribution in [0.1, 0.15) is 10.4 Å². The summed E-state index contributed by atoms with van der Waals surface area (Å²) in [6.07, 6.45) is 0. The lowest BCUT2D eigenvalue weighted by Crippen LogP contribution is -2.33. The number of carboxylic acid groups (broad SMARTS) is 1. The third kappa shape index (κ3) is 4.77. The van der Waals surface area contributed by atoms with Gasteiger partial charge in [-0.15, -0.1) is 0 Å². The van der Waals surface area contributed by atoms with Gasteiger partial charge in [0.2, 0.25) is 0 Å². The number of carbonyl (C=O) groups excluding carboxylic acids is 1. The van der Waals surface area contributed by atoms with Crippen LogP contribution in [0.25, 0.3) is 0 Å². The zero-order valence-corrected chi connectivity index (χ0v) is 18.7.